The van der Waals surface area contributed by atoms with Gasteiger partial charge in [0.25, 0.3) is 0 Å². The Kier molecular flexibility index (Phi) is 5.75. The highest BCUT2D eigenvalue weighted by Gasteiger charge is 2.23. The van der Waals surface area contributed by atoms with Crippen molar-refractivity contribution in [1.29, 1.82) is 0 Å². The van der Waals surface area contributed by atoms with Gasteiger partial charge in [0.1, 0.15) is 11.2 Å². The van der Waals surface area contributed by atoms with Gasteiger partial charge in [0.05, 0.1) is 0 Å². The molecule has 0 rings (SSSR count). The van der Waals surface area contributed by atoms with Crippen LogP contribution in [0.5, 0.6) is 0 Å². The molecule has 0 saturated heterocycles. The van der Waals surface area contributed by atoms with E-state index in [1.807, 2.05) is 13.8 Å². The smallest absolute Gasteiger partial charge is 0.257 e. The monoisotopic (exact) mass is 234 g/mol. The van der Waals surface area contributed by atoms with Crippen molar-refractivity contribution < 1.29 is 24.3 Å². The summed E-state index contributed by atoms with van der Waals surface area (Å²) in [4.78, 5) is 29.7. The minimum Gasteiger partial charge on any atom is -0.257 e. The van der Waals surface area contributed by atoms with E-state index in [1.54, 1.807) is 27.7 Å². The van der Waals surface area contributed by atoms with Gasteiger partial charge in [-0.05, 0) is 40.5 Å². The highest BCUT2D eigenvalue weighted by molar-refractivity contribution is 5.58. The van der Waals surface area contributed by atoms with E-state index in [1.165, 1.54) is 0 Å². The predicted octanol–water partition coefficient (Wildman–Crippen LogP) is 3.38. The SMILES string of the molecule is CCC(C)(C)OOC(=O)OOC(C)(C)CC. The summed E-state index contributed by atoms with van der Waals surface area (Å²) in [6.07, 6.45) is 0.423. The van der Waals surface area contributed by atoms with Gasteiger partial charge in [-0.15, -0.1) is 0 Å². The van der Waals surface area contributed by atoms with Gasteiger partial charge < -0.3 is 0 Å². The molecule has 0 N–H and O–H groups in total. The lowest BCUT2D eigenvalue weighted by Crippen LogP contribution is -2.28. The van der Waals surface area contributed by atoms with Crippen molar-refractivity contribution in [3.05, 3.63) is 0 Å². The van der Waals surface area contributed by atoms with E-state index >= 15 is 0 Å². The normalized spacial score (nSPS) is 12.4. The Hall–Kier alpha value is -0.810. The van der Waals surface area contributed by atoms with Gasteiger partial charge in [-0.2, -0.15) is 14.6 Å². The maximum absolute atomic E-state index is 11.1. The molecule has 0 aliphatic rings. The molecule has 5 heteroatoms. The molecule has 0 unspecified atom stereocenters. The van der Waals surface area contributed by atoms with Crippen molar-refractivity contribution in [3.8, 4) is 0 Å². The van der Waals surface area contributed by atoms with Crippen molar-refractivity contribution in [3.63, 3.8) is 0 Å². The predicted molar refractivity (Wildman–Crippen MR) is 58.5 cm³/mol. The van der Waals surface area contributed by atoms with E-state index in [-0.39, 0.29) is 0 Å². The molecule has 0 heterocycles. The molecule has 0 aromatic rings. The molecule has 96 valence electrons. The molecule has 16 heavy (non-hydrogen) atoms. The van der Waals surface area contributed by atoms with Gasteiger partial charge in [0, 0.05) is 0 Å². The van der Waals surface area contributed by atoms with E-state index in [4.69, 9.17) is 9.78 Å². The first-order valence-electron chi connectivity index (χ1n) is 5.48. The number of carbonyl (C=O) groups is 1. The zero-order valence-corrected chi connectivity index (χ0v) is 11.0. The summed E-state index contributed by atoms with van der Waals surface area (Å²) in [6.45, 7) is 11.1. The second-order valence-electron chi connectivity index (χ2n) is 4.81. The van der Waals surface area contributed by atoms with Gasteiger partial charge in [-0.25, -0.2) is 0 Å². The van der Waals surface area contributed by atoms with Gasteiger partial charge in [0.2, 0.25) is 0 Å². The summed E-state index contributed by atoms with van der Waals surface area (Å²) in [5.41, 5.74) is -1.06. The fourth-order valence-electron chi connectivity index (χ4n) is 0.425. The third-order valence-electron chi connectivity index (χ3n) is 2.37. The molecular formula is C11H22O5. The van der Waals surface area contributed by atoms with Gasteiger partial charge in [-0.3, -0.25) is 9.78 Å². The minimum atomic E-state index is -0.997. The lowest BCUT2D eigenvalue weighted by atomic mass is 10.1. The van der Waals surface area contributed by atoms with Crippen LogP contribution in [-0.4, -0.2) is 17.4 Å². The van der Waals surface area contributed by atoms with Crippen molar-refractivity contribution in [2.24, 2.45) is 0 Å². The summed E-state index contributed by atoms with van der Waals surface area (Å²) in [7, 11) is 0. The molecule has 0 radical (unpaired) electrons. The van der Waals surface area contributed by atoms with E-state index in [0.29, 0.717) is 12.8 Å². The first kappa shape index (κ1) is 15.2. The Balaban J connectivity index is 3.85. The first-order chi connectivity index (χ1) is 7.22. The fourth-order valence-corrected chi connectivity index (χ4v) is 0.425. The molecule has 0 aromatic heterocycles. The van der Waals surface area contributed by atoms with Crippen molar-refractivity contribution in [1.82, 2.24) is 0 Å². The standard InChI is InChI=1S/C11H22O5/c1-7-10(3,4)15-13-9(12)14-16-11(5,6)8-2/h7-8H2,1-6H3. The maximum Gasteiger partial charge on any atom is 0.573 e. The number of hydrogen-bond acceptors (Lipinski definition) is 5. The van der Waals surface area contributed by atoms with Gasteiger partial charge >= 0.3 is 6.16 Å². The van der Waals surface area contributed by atoms with Crippen LogP contribution < -0.4 is 0 Å². The first-order valence-corrected chi connectivity index (χ1v) is 5.48. The molecule has 0 aromatic carbocycles. The van der Waals surface area contributed by atoms with Crippen LogP contribution in [0.3, 0.4) is 0 Å². The minimum absolute atomic E-state index is 0.528. The molecule has 0 bridgehead atoms. The van der Waals surface area contributed by atoms with Crippen LogP contribution in [0, 0.1) is 0 Å². The Morgan fingerprint density at radius 1 is 0.875 bits per heavy atom. The topological polar surface area (TPSA) is 54.0 Å². The lowest BCUT2D eigenvalue weighted by molar-refractivity contribution is -0.374. The Morgan fingerprint density at radius 2 is 1.19 bits per heavy atom. The third kappa shape index (κ3) is 6.63. The maximum atomic E-state index is 11.1. The highest BCUT2D eigenvalue weighted by atomic mass is 17.3. The van der Waals surface area contributed by atoms with Crippen molar-refractivity contribution in [2.45, 2.75) is 65.6 Å². The Bertz CT molecular complexity index is 200. The van der Waals surface area contributed by atoms with Gasteiger partial charge in [-0.1, -0.05) is 13.8 Å². The zero-order valence-electron chi connectivity index (χ0n) is 11.0. The summed E-state index contributed by atoms with van der Waals surface area (Å²) in [6, 6.07) is 0. The molecule has 5 nitrogen and oxygen atoms in total. The summed E-state index contributed by atoms with van der Waals surface area (Å²) >= 11 is 0. The molecular weight excluding hydrogens is 212 g/mol. The molecule has 0 aliphatic heterocycles. The van der Waals surface area contributed by atoms with E-state index in [9.17, 15) is 4.79 Å². The molecule has 0 atom stereocenters. The molecule has 0 fully saturated rings. The largest absolute Gasteiger partial charge is 0.573 e. The van der Waals surface area contributed by atoms with Crippen LogP contribution in [0.15, 0.2) is 0 Å². The highest BCUT2D eigenvalue weighted by Crippen LogP contribution is 2.16. The van der Waals surface area contributed by atoms with E-state index in [2.05, 4.69) is 9.78 Å². The molecule has 0 amide bonds. The third-order valence-corrected chi connectivity index (χ3v) is 2.37. The Labute approximate surface area is 96.9 Å². The quantitative estimate of drug-likeness (QED) is 0.521. The van der Waals surface area contributed by atoms with E-state index in [0.717, 1.165) is 0 Å². The van der Waals surface area contributed by atoms with Crippen LogP contribution in [0.1, 0.15) is 54.4 Å². The van der Waals surface area contributed by atoms with E-state index < -0.39 is 17.4 Å². The van der Waals surface area contributed by atoms with Crippen LogP contribution >= 0.6 is 0 Å². The summed E-state index contributed by atoms with van der Waals surface area (Å²) < 4.78 is 0. The van der Waals surface area contributed by atoms with Crippen LogP contribution in [0.25, 0.3) is 0 Å². The van der Waals surface area contributed by atoms with Crippen LogP contribution in [0.4, 0.5) is 4.79 Å². The summed E-state index contributed by atoms with van der Waals surface area (Å²) in [5, 5.41) is 0. The number of rotatable bonds is 6. The van der Waals surface area contributed by atoms with Gasteiger partial charge in [0.15, 0.2) is 0 Å². The lowest BCUT2D eigenvalue weighted by Gasteiger charge is -2.22. The average molecular weight is 234 g/mol. The molecule has 0 saturated carbocycles. The molecule has 0 aliphatic carbocycles. The Morgan fingerprint density at radius 3 is 1.44 bits per heavy atom. The summed E-state index contributed by atoms with van der Waals surface area (Å²) in [5.74, 6) is 0. The fraction of sp³-hybridized carbons (Fsp3) is 0.909. The van der Waals surface area contributed by atoms with Crippen LogP contribution in [-0.2, 0) is 19.6 Å². The van der Waals surface area contributed by atoms with Crippen LogP contribution in [0.2, 0.25) is 0 Å². The molecule has 0 spiro atoms. The van der Waals surface area contributed by atoms with Crippen molar-refractivity contribution in [2.75, 3.05) is 0 Å². The number of hydrogen-bond donors (Lipinski definition) is 0. The second kappa shape index (κ2) is 6.06. The average Bonchev–Trinajstić information content (AvgIpc) is 2.24. The number of carbonyl (C=O) groups excluding carboxylic acids is 1. The van der Waals surface area contributed by atoms with Crippen molar-refractivity contribution >= 4 is 6.16 Å². The zero-order chi connectivity index (χ0) is 12.8. The second-order valence-corrected chi connectivity index (χ2v) is 4.81.